The summed E-state index contributed by atoms with van der Waals surface area (Å²) in [4.78, 5) is 23.7. The fraction of sp³-hybridized carbons (Fsp3) is 0.259. The second-order valence-electron chi connectivity index (χ2n) is 8.24. The minimum Gasteiger partial charge on any atom is -0.497 e. The van der Waals surface area contributed by atoms with Crippen molar-refractivity contribution >= 4 is 17.6 Å². The summed E-state index contributed by atoms with van der Waals surface area (Å²) in [7, 11) is 1.65. The lowest BCUT2D eigenvalue weighted by molar-refractivity contribution is -0.138. The highest BCUT2D eigenvalue weighted by molar-refractivity contribution is 5.99. The highest BCUT2D eigenvalue weighted by Crippen LogP contribution is 2.29. The molecule has 6 heteroatoms. The van der Waals surface area contributed by atoms with E-state index in [1.54, 1.807) is 7.11 Å². The first kappa shape index (κ1) is 23.9. The summed E-state index contributed by atoms with van der Waals surface area (Å²) >= 11 is 0. The largest absolute Gasteiger partial charge is 0.497 e. The Morgan fingerprint density at radius 3 is 2.12 bits per heavy atom. The van der Waals surface area contributed by atoms with E-state index in [0.29, 0.717) is 5.56 Å². The van der Waals surface area contributed by atoms with Gasteiger partial charge in [-0.3, -0.25) is 9.59 Å². The second-order valence-corrected chi connectivity index (χ2v) is 8.24. The van der Waals surface area contributed by atoms with E-state index in [1.807, 2.05) is 68.4 Å². The van der Waals surface area contributed by atoms with Gasteiger partial charge in [-0.25, -0.2) is 0 Å². The third kappa shape index (κ3) is 5.71. The van der Waals surface area contributed by atoms with Crippen LogP contribution in [0.4, 0.5) is 5.69 Å². The average Bonchev–Trinajstić information content (AvgIpc) is 2.78. The average molecular weight is 447 g/mol. The van der Waals surface area contributed by atoms with Crippen LogP contribution in [0.25, 0.3) is 11.1 Å². The molecule has 0 saturated heterocycles. The Balaban J connectivity index is 1.81. The third-order valence-electron chi connectivity index (χ3n) is 5.67. The number of amides is 1. The number of carbonyl (C=O) groups excluding carboxylic acids is 1. The van der Waals surface area contributed by atoms with Gasteiger partial charge in [0.15, 0.2) is 0 Å². The van der Waals surface area contributed by atoms with Gasteiger partial charge in [-0.05, 0) is 79.8 Å². The Morgan fingerprint density at radius 1 is 0.909 bits per heavy atom. The lowest BCUT2D eigenvalue weighted by Gasteiger charge is -2.18. The molecule has 0 fully saturated rings. The zero-order valence-corrected chi connectivity index (χ0v) is 19.6. The molecule has 172 valence electrons. The number of carboxylic acid groups (broad SMARTS) is 1. The predicted molar refractivity (Wildman–Crippen MR) is 131 cm³/mol. The zero-order valence-electron chi connectivity index (χ0n) is 19.6. The summed E-state index contributed by atoms with van der Waals surface area (Å²) in [6.45, 7) is 7.29. The molecule has 0 radical (unpaired) electrons. The van der Waals surface area contributed by atoms with Crippen molar-refractivity contribution in [1.29, 1.82) is 0 Å². The number of aryl methyl sites for hydroxylation is 2. The smallest absolute Gasteiger partial charge is 0.325 e. The molecule has 3 aromatic carbocycles. The summed E-state index contributed by atoms with van der Waals surface area (Å²) in [5, 5.41) is 15.1. The first-order valence-electron chi connectivity index (χ1n) is 10.9. The number of carbonyl (C=O) groups is 2. The van der Waals surface area contributed by atoms with E-state index in [-0.39, 0.29) is 11.9 Å². The van der Waals surface area contributed by atoms with Crippen molar-refractivity contribution in [3.05, 3.63) is 82.9 Å². The van der Waals surface area contributed by atoms with Crippen LogP contribution >= 0.6 is 0 Å². The second kappa shape index (κ2) is 10.2. The molecule has 0 aromatic heterocycles. The first-order chi connectivity index (χ1) is 15.7. The third-order valence-corrected chi connectivity index (χ3v) is 5.67. The van der Waals surface area contributed by atoms with Crippen LogP contribution in [0.1, 0.15) is 46.9 Å². The van der Waals surface area contributed by atoms with Gasteiger partial charge in [0.25, 0.3) is 5.91 Å². The molecule has 0 spiro atoms. The number of hydrogen-bond acceptors (Lipinski definition) is 4. The molecule has 0 aliphatic carbocycles. The molecule has 0 aliphatic heterocycles. The van der Waals surface area contributed by atoms with E-state index in [0.717, 1.165) is 39.3 Å². The van der Waals surface area contributed by atoms with E-state index in [1.165, 1.54) is 6.92 Å². The number of carboxylic acids is 1. The number of methoxy groups -OCH3 is 1. The van der Waals surface area contributed by atoms with Crippen molar-refractivity contribution in [3.8, 4) is 16.9 Å². The monoisotopic (exact) mass is 446 g/mol. The standard InChI is InChI=1S/C27H30N2O4/c1-16-13-22(14-17(2)25(16)26(30)29-19(4)27(31)32)21-7-6-8-23(15-21)28-18(3)20-9-11-24(33-5)12-10-20/h6-15,18-19,28H,1-5H3,(H,29,30)(H,31,32)/t18?,19-/m0/s1. The lowest BCUT2D eigenvalue weighted by atomic mass is 9.94. The van der Waals surface area contributed by atoms with Gasteiger partial charge in [-0.2, -0.15) is 0 Å². The maximum atomic E-state index is 12.6. The van der Waals surface area contributed by atoms with Gasteiger partial charge in [0.2, 0.25) is 0 Å². The van der Waals surface area contributed by atoms with Crippen LogP contribution in [0.15, 0.2) is 60.7 Å². The minimum absolute atomic E-state index is 0.108. The molecule has 0 heterocycles. The highest BCUT2D eigenvalue weighted by Gasteiger charge is 2.19. The van der Waals surface area contributed by atoms with Crippen LogP contribution in [0, 0.1) is 13.8 Å². The van der Waals surface area contributed by atoms with Crippen molar-refractivity contribution in [3.63, 3.8) is 0 Å². The normalized spacial score (nSPS) is 12.5. The van der Waals surface area contributed by atoms with Crippen LogP contribution in [0.3, 0.4) is 0 Å². The maximum absolute atomic E-state index is 12.6. The summed E-state index contributed by atoms with van der Waals surface area (Å²) in [5.41, 5.74) is 6.26. The lowest BCUT2D eigenvalue weighted by Crippen LogP contribution is -2.38. The van der Waals surface area contributed by atoms with Gasteiger partial charge in [0, 0.05) is 17.3 Å². The van der Waals surface area contributed by atoms with Crippen LogP contribution in [-0.2, 0) is 4.79 Å². The molecule has 0 saturated carbocycles. The SMILES string of the molecule is COc1ccc(C(C)Nc2cccc(-c3cc(C)c(C(=O)N[C@@H](C)C(=O)O)c(C)c3)c2)cc1. The molecule has 3 N–H and O–H groups in total. The fourth-order valence-electron chi connectivity index (χ4n) is 3.83. The molecule has 0 bridgehead atoms. The molecule has 3 rings (SSSR count). The number of ether oxygens (including phenoxy) is 1. The number of benzene rings is 3. The van der Waals surface area contributed by atoms with Crippen molar-refractivity contribution < 1.29 is 19.4 Å². The number of hydrogen-bond donors (Lipinski definition) is 3. The van der Waals surface area contributed by atoms with Crippen LogP contribution in [-0.4, -0.2) is 30.1 Å². The summed E-state index contributed by atoms with van der Waals surface area (Å²) < 4.78 is 5.23. The Morgan fingerprint density at radius 2 is 1.55 bits per heavy atom. The predicted octanol–water partition coefficient (Wildman–Crippen LogP) is 5.36. The number of rotatable bonds is 8. The molecule has 33 heavy (non-hydrogen) atoms. The fourth-order valence-corrected chi connectivity index (χ4v) is 3.83. The quantitative estimate of drug-likeness (QED) is 0.434. The van der Waals surface area contributed by atoms with E-state index in [4.69, 9.17) is 9.84 Å². The van der Waals surface area contributed by atoms with Crippen LogP contribution < -0.4 is 15.4 Å². The highest BCUT2D eigenvalue weighted by atomic mass is 16.5. The van der Waals surface area contributed by atoms with Gasteiger partial charge in [-0.15, -0.1) is 0 Å². The van der Waals surface area contributed by atoms with Crippen molar-refractivity contribution in [2.75, 3.05) is 12.4 Å². The molecule has 6 nitrogen and oxygen atoms in total. The molecule has 1 unspecified atom stereocenters. The van der Waals surface area contributed by atoms with Gasteiger partial charge < -0.3 is 20.5 Å². The summed E-state index contributed by atoms with van der Waals surface area (Å²) in [6.07, 6.45) is 0. The Kier molecular flexibility index (Phi) is 7.38. The van der Waals surface area contributed by atoms with E-state index >= 15 is 0 Å². The van der Waals surface area contributed by atoms with Gasteiger partial charge >= 0.3 is 5.97 Å². The van der Waals surface area contributed by atoms with Gasteiger partial charge in [0.05, 0.1) is 7.11 Å². The number of aliphatic carboxylic acids is 1. The van der Waals surface area contributed by atoms with E-state index in [2.05, 4.69) is 23.6 Å². The van der Waals surface area contributed by atoms with Crippen molar-refractivity contribution in [2.24, 2.45) is 0 Å². The topological polar surface area (TPSA) is 87.7 Å². The summed E-state index contributed by atoms with van der Waals surface area (Å²) in [5.74, 6) is -0.619. The van der Waals surface area contributed by atoms with Crippen molar-refractivity contribution in [2.45, 2.75) is 39.8 Å². The van der Waals surface area contributed by atoms with E-state index < -0.39 is 12.0 Å². The van der Waals surface area contributed by atoms with Crippen molar-refractivity contribution in [1.82, 2.24) is 5.32 Å². The van der Waals surface area contributed by atoms with Gasteiger partial charge in [0.1, 0.15) is 11.8 Å². The van der Waals surface area contributed by atoms with Crippen LogP contribution in [0.5, 0.6) is 5.75 Å². The Hall–Kier alpha value is -3.80. The van der Waals surface area contributed by atoms with Crippen LogP contribution in [0.2, 0.25) is 0 Å². The van der Waals surface area contributed by atoms with Gasteiger partial charge in [-0.1, -0.05) is 36.4 Å². The van der Waals surface area contributed by atoms with E-state index in [9.17, 15) is 9.59 Å². The minimum atomic E-state index is -1.07. The maximum Gasteiger partial charge on any atom is 0.325 e. The molecular weight excluding hydrogens is 416 g/mol. The molecule has 2 atom stereocenters. The number of nitrogens with one attached hydrogen (secondary N) is 2. The first-order valence-corrected chi connectivity index (χ1v) is 10.9. The Bertz CT molecular complexity index is 1130. The summed E-state index contributed by atoms with van der Waals surface area (Å²) in [6, 6.07) is 19.2. The molecule has 1 amide bonds. The Labute approximate surface area is 194 Å². The molecule has 3 aromatic rings. The number of anilines is 1. The molecule has 0 aliphatic rings. The zero-order chi connectivity index (χ0) is 24.1. The molecular formula is C27H30N2O4.